The molecule has 0 bridgehead atoms. The van der Waals surface area contributed by atoms with Gasteiger partial charge in [-0.05, 0) is 19.9 Å². The normalized spacial score (nSPS) is 11.6. The average Bonchev–Trinajstić information content (AvgIpc) is 2.54. The largest absolute Gasteiger partial charge is 0.512 e. The first-order valence-electron chi connectivity index (χ1n) is 7.04. The number of carbonyl (C=O) groups excluding carboxylic acids is 2. The van der Waals surface area contributed by atoms with E-state index in [-0.39, 0.29) is 29.3 Å². The molecule has 0 aromatic heterocycles. The van der Waals surface area contributed by atoms with Crippen LogP contribution < -0.4 is 10.1 Å². The van der Waals surface area contributed by atoms with Gasteiger partial charge in [-0.3, -0.25) is 25.2 Å². The molecule has 0 aliphatic carbocycles. The number of imide groups is 1. The molecule has 0 saturated carbocycles. The molecule has 0 aliphatic heterocycles. The van der Waals surface area contributed by atoms with E-state index in [1.54, 1.807) is 6.92 Å². The number of nitrogens with one attached hydrogen (secondary N) is 1. The Balaban J connectivity index is 3.13. The van der Waals surface area contributed by atoms with Gasteiger partial charge < -0.3 is 14.6 Å². The number of non-ortho nitro benzene ring substituents is 1. The molecule has 1 aromatic rings. The molecule has 25 heavy (non-hydrogen) atoms. The molecule has 0 fully saturated rings. The minimum atomic E-state index is -0.979. The lowest BCUT2D eigenvalue weighted by Crippen LogP contribution is -2.33. The van der Waals surface area contributed by atoms with E-state index >= 15 is 0 Å². The molecular formula is C15H17N3O7. The minimum absolute atomic E-state index is 0.0647. The summed E-state index contributed by atoms with van der Waals surface area (Å²) in [5.74, 6) is -1.12. The third-order valence-corrected chi connectivity index (χ3v) is 2.83. The van der Waals surface area contributed by atoms with Crippen molar-refractivity contribution >= 4 is 29.6 Å². The number of aliphatic hydroxyl groups is 1. The molecule has 2 N–H and O–H groups in total. The van der Waals surface area contributed by atoms with Gasteiger partial charge in [0.25, 0.3) is 11.6 Å². The molecule has 134 valence electrons. The van der Waals surface area contributed by atoms with Crippen LogP contribution in [0.25, 0.3) is 0 Å². The van der Waals surface area contributed by atoms with Crippen LogP contribution in [0, 0.1) is 10.1 Å². The van der Waals surface area contributed by atoms with Gasteiger partial charge in [-0.15, -0.1) is 0 Å². The zero-order valence-electron chi connectivity index (χ0n) is 13.8. The van der Waals surface area contributed by atoms with Crippen LogP contribution in [-0.2, 0) is 9.53 Å². The summed E-state index contributed by atoms with van der Waals surface area (Å²) >= 11 is 0. The second kappa shape index (κ2) is 9.01. The number of hydrogen-bond donors (Lipinski definition) is 2. The van der Waals surface area contributed by atoms with E-state index < -0.39 is 22.7 Å². The number of benzene rings is 1. The van der Waals surface area contributed by atoms with Gasteiger partial charge in [0.2, 0.25) is 0 Å². The van der Waals surface area contributed by atoms with Gasteiger partial charge in [-0.25, -0.2) is 4.79 Å². The van der Waals surface area contributed by atoms with Crippen molar-refractivity contribution in [2.45, 2.75) is 13.8 Å². The van der Waals surface area contributed by atoms with Crippen molar-refractivity contribution < 1.29 is 29.1 Å². The lowest BCUT2D eigenvalue weighted by Gasteiger charge is -2.06. The molecule has 0 saturated heterocycles. The Bertz CT molecular complexity index is 737. The molecule has 1 aromatic carbocycles. The van der Waals surface area contributed by atoms with Gasteiger partial charge in [0.1, 0.15) is 17.2 Å². The van der Waals surface area contributed by atoms with Crippen molar-refractivity contribution in [3.63, 3.8) is 0 Å². The number of amides is 2. The molecule has 0 heterocycles. The quantitative estimate of drug-likeness (QED) is 0.263. The number of aliphatic hydroxyl groups excluding tert-OH is 1. The fourth-order valence-corrected chi connectivity index (χ4v) is 1.67. The van der Waals surface area contributed by atoms with Gasteiger partial charge in [-0.1, -0.05) is 0 Å². The molecule has 10 heteroatoms. The number of methoxy groups -OCH3 is 1. The number of nitro benzene ring substituents is 1. The highest BCUT2D eigenvalue weighted by Gasteiger charge is 2.16. The second-order valence-corrected chi connectivity index (χ2v) is 4.55. The Morgan fingerprint density at radius 2 is 2.12 bits per heavy atom. The molecule has 0 atom stereocenters. The summed E-state index contributed by atoms with van der Waals surface area (Å²) in [5, 5.41) is 22.4. The van der Waals surface area contributed by atoms with E-state index in [2.05, 4.69) is 9.73 Å². The van der Waals surface area contributed by atoms with Crippen LogP contribution in [-0.4, -0.2) is 42.0 Å². The highest BCUT2D eigenvalue weighted by atomic mass is 16.6. The number of nitrogens with zero attached hydrogens (tertiary/aromatic N) is 2. The summed E-state index contributed by atoms with van der Waals surface area (Å²) in [4.78, 5) is 37.4. The first kappa shape index (κ1) is 19.6. The van der Waals surface area contributed by atoms with Gasteiger partial charge >= 0.3 is 6.09 Å². The standard InChI is InChI=1S/C15H17N3O7/c1-4-25-15(21)17-14(20)11(9(2)19)8-16-12-7-10(18(22)23)5-6-13(12)24-3/h5-8,19H,4H2,1-3H3,(H,17,20,21)/b11-9-,16-8?. The van der Waals surface area contributed by atoms with E-state index in [9.17, 15) is 24.8 Å². The number of aliphatic imine (C=N–C) groups is 1. The van der Waals surface area contributed by atoms with E-state index in [4.69, 9.17) is 4.74 Å². The Morgan fingerprint density at radius 3 is 2.64 bits per heavy atom. The van der Waals surface area contributed by atoms with Crippen LogP contribution in [0.2, 0.25) is 0 Å². The van der Waals surface area contributed by atoms with Crippen molar-refractivity contribution in [2.24, 2.45) is 4.99 Å². The highest BCUT2D eigenvalue weighted by Crippen LogP contribution is 2.31. The average molecular weight is 351 g/mol. The zero-order valence-corrected chi connectivity index (χ0v) is 13.8. The number of allylic oxidation sites excluding steroid dienone is 1. The number of alkyl carbamates (subject to hydrolysis) is 1. The molecule has 0 spiro atoms. The fourth-order valence-electron chi connectivity index (χ4n) is 1.67. The molecular weight excluding hydrogens is 334 g/mol. The van der Waals surface area contributed by atoms with E-state index in [0.717, 1.165) is 12.3 Å². The summed E-state index contributed by atoms with van der Waals surface area (Å²) in [6.07, 6.45) is -0.0153. The number of ether oxygens (including phenoxy) is 2. The zero-order chi connectivity index (χ0) is 19.0. The van der Waals surface area contributed by atoms with Gasteiger partial charge in [0.15, 0.2) is 0 Å². The van der Waals surface area contributed by atoms with Crippen LogP contribution in [0.4, 0.5) is 16.2 Å². The lowest BCUT2D eigenvalue weighted by molar-refractivity contribution is -0.384. The third-order valence-electron chi connectivity index (χ3n) is 2.83. The summed E-state index contributed by atoms with van der Waals surface area (Å²) < 4.78 is 9.61. The maximum atomic E-state index is 12.0. The van der Waals surface area contributed by atoms with E-state index in [0.29, 0.717) is 0 Å². The smallest absolute Gasteiger partial charge is 0.414 e. The van der Waals surface area contributed by atoms with Crippen LogP contribution >= 0.6 is 0 Å². The molecule has 0 unspecified atom stereocenters. The number of carbonyl (C=O) groups is 2. The fraction of sp³-hybridized carbons (Fsp3) is 0.267. The number of nitro groups is 1. The van der Waals surface area contributed by atoms with Crippen molar-refractivity contribution in [3.05, 3.63) is 39.6 Å². The summed E-state index contributed by atoms with van der Waals surface area (Å²) in [6, 6.07) is 3.72. The minimum Gasteiger partial charge on any atom is -0.512 e. The molecule has 10 nitrogen and oxygen atoms in total. The van der Waals surface area contributed by atoms with Crippen LogP contribution in [0.5, 0.6) is 5.75 Å². The molecule has 0 radical (unpaired) electrons. The first-order valence-corrected chi connectivity index (χ1v) is 7.04. The molecule has 2 amide bonds. The van der Waals surface area contributed by atoms with Gasteiger partial charge in [-0.2, -0.15) is 0 Å². The Hall–Kier alpha value is -3.43. The summed E-state index contributed by atoms with van der Waals surface area (Å²) in [6.45, 7) is 2.85. The van der Waals surface area contributed by atoms with Gasteiger partial charge in [0.05, 0.1) is 24.2 Å². The molecule has 0 aliphatic rings. The van der Waals surface area contributed by atoms with Crippen molar-refractivity contribution in [1.82, 2.24) is 5.32 Å². The maximum Gasteiger partial charge on any atom is 0.414 e. The Morgan fingerprint density at radius 1 is 1.44 bits per heavy atom. The summed E-state index contributed by atoms with van der Waals surface area (Å²) in [7, 11) is 1.35. The first-order chi connectivity index (χ1) is 11.8. The SMILES string of the molecule is CCOC(=O)NC(=O)/C(C=Nc1cc([N+](=O)[O-])ccc1OC)=C(/C)O. The predicted molar refractivity (Wildman–Crippen MR) is 88.3 cm³/mol. The van der Waals surface area contributed by atoms with E-state index in [1.165, 1.54) is 26.2 Å². The molecule has 1 rings (SSSR count). The van der Waals surface area contributed by atoms with Crippen LogP contribution in [0.3, 0.4) is 0 Å². The Kier molecular flexibility index (Phi) is 7.07. The monoisotopic (exact) mass is 351 g/mol. The highest BCUT2D eigenvalue weighted by molar-refractivity contribution is 6.16. The lowest BCUT2D eigenvalue weighted by atomic mass is 10.2. The van der Waals surface area contributed by atoms with E-state index in [1.807, 2.05) is 5.32 Å². The maximum absolute atomic E-state index is 12.0. The van der Waals surface area contributed by atoms with Crippen molar-refractivity contribution in [3.8, 4) is 5.75 Å². The van der Waals surface area contributed by atoms with Crippen LogP contribution in [0.15, 0.2) is 34.5 Å². The second-order valence-electron chi connectivity index (χ2n) is 4.55. The van der Waals surface area contributed by atoms with Crippen molar-refractivity contribution in [1.29, 1.82) is 0 Å². The summed E-state index contributed by atoms with van der Waals surface area (Å²) in [5.41, 5.74) is -0.476. The topological polar surface area (TPSA) is 140 Å². The Labute approximate surface area is 142 Å². The van der Waals surface area contributed by atoms with Crippen LogP contribution in [0.1, 0.15) is 13.8 Å². The third kappa shape index (κ3) is 5.61. The predicted octanol–water partition coefficient (Wildman–Crippen LogP) is 2.41. The number of hydrogen-bond acceptors (Lipinski definition) is 8. The number of rotatable bonds is 6. The van der Waals surface area contributed by atoms with Crippen molar-refractivity contribution in [2.75, 3.05) is 13.7 Å². The van der Waals surface area contributed by atoms with Gasteiger partial charge in [0, 0.05) is 18.3 Å².